The Hall–Kier alpha value is -1.65. The molecular weight excluding hydrogens is 361 g/mol. The van der Waals surface area contributed by atoms with Gasteiger partial charge in [-0.15, -0.1) is 0 Å². The Balaban J connectivity index is 1.61. The summed E-state index contributed by atoms with van der Waals surface area (Å²) in [6.07, 6.45) is 12.6. The highest BCUT2D eigenvalue weighted by Crippen LogP contribution is 2.34. The van der Waals surface area contributed by atoms with Crippen LogP contribution in [0, 0.1) is 0 Å². The molecule has 0 radical (unpaired) electrons. The Morgan fingerprint density at radius 2 is 1.89 bits per heavy atom. The third-order valence-electron chi connectivity index (χ3n) is 4.26. The van der Waals surface area contributed by atoms with Gasteiger partial charge in [0.05, 0.1) is 18.5 Å². The molecule has 0 bridgehead atoms. The zero-order valence-corrected chi connectivity index (χ0v) is 16.6. The molecule has 1 aromatic rings. The average molecular weight is 391 g/mol. The maximum Gasteiger partial charge on any atom is 0.325 e. The Morgan fingerprint density at radius 1 is 1.07 bits per heavy atom. The standard InChI is InChI=1S/C21H30NO4P/c23-27(24,25)17-7-15-22-18-20-11-6-12-21(14-13-20)26-16-5-4-10-19-8-2-1-3-9-19/h1-3,6,8-9,11,13-14,22H,4-5,7,10,12,15-18H2,(H2,23,24,25). The van der Waals surface area contributed by atoms with Crippen LogP contribution in [0.25, 0.3) is 0 Å². The Kier molecular flexibility index (Phi) is 9.57. The predicted octanol–water partition coefficient (Wildman–Crippen LogP) is 3.95. The molecule has 0 aliphatic heterocycles. The highest BCUT2D eigenvalue weighted by atomic mass is 31.2. The van der Waals surface area contributed by atoms with E-state index in [4.69, 9.17) is 14.5 Å². The van der Waals surface area contributed by atoms with Crippen LogP contribution in [0.1, 0.15) is 31.2 Å². The van der Waals surface area contributed by atoms with Crippen molar-refractivity contribution in [1.29, 1.82) is 0 Å². The monoisotopic (exact) mass is 391 g/mol. The lowest BCUT2D eigenvalue weighted by Gasteiger charge is -2.08. The number of unbranched alkanes of at least 4 members (excludes halogenated alkanes) is 1. The van der Waals surface area contributed by atoms with E-state index in [1.165, 1.54) is 5.56 Å². The minimum atomic E-state index is -3.88. The second-order valence-corrected chi connectivity index (χ2v) is 8.47. The fourth-order valence-electron chi connectivity index (χ4n) is 2.80. The van der Waals surface area contributed by atoms with Crippen LogP contribution < -0.4 is 5.32 Å². The molecule has 2 rings (SSSR count). The molecule has 0 aromatic heterocycles. The third kappa shape index (κ3) is 10.3. The number of hydrogen-bond donors (Lipinski definition) is 3. The quantitative estimate of drug-likeness (QED) is 0.371. The van der Waals surface area contributed by atoms with Gasteiger partial charge < -0.3 is 19.8 Å². The van der Waals surface area contributed by atoms with Gasteiger partial charge in [0.25, 0.3) is 0 Å². The normalized spacial score (nSPS) is 14.4. The van der Waals surface area contributed by atoms with Gasteiger partial charge in [0.15, 0.2) is 0 Å². The summed E-state index contributed by atoms with van der Waals surface area (Å²) < 4.78 is 16.7. The van der Waals surface area contributed by atoms with Crippen LogP contribution >= 0.6 is 7.60 Å². The average Bonchev–Trinajstić information content (AvgIpc) is 2.86. The molecule has 27 heavy (non-hydrogen) atoms. The molecule has 0 heterocycles. The molecule has 0 fully saturated rings. The number of ether oxygens (including phenoxy) is 1. The van der Waals surface area contributed by atoms with Crippen molar-refractivity contribution in [3.8, 4) is 0 Å². The molecule has 3 N–H and O–H groups in total. The lowest BCUT2D eigenvalue weighted by atomic mass is 10.1. The zero-order chi connectivity index (χ0) is 19.4. The van der Waals surface area contributed by atoms with Gasteiger partial charge in [-0.3, -0.25) is 4.57 Å². The van der Waals surface area contributed by atoms with Gasteiger partial charge in [0.2, 0.25) is 0 Å². The van der Waals surface area contributed by atoms with Crippen LogP contribution in [-0.2, 0) is 15.7 Å². The number of benzene rings is 1. The summed E-state index contributed by atoms with van der Waals surface area (Å²) in [6, 6.07) is 10.5. The van der Waals surface area contributed by atoms with Crippen molar-refractivity contribution in [2.75, 3.05) is 25.9 Å². The van der Waals surface area contributed by atoms with Crippen LogP contribution in [0.5, 0.6) is 0 Å². The van der Waals surface area contributed by atoms with E-state index in [1.54, 1.807) is 0 Å². The van der Waals surface area contributed by atoms with Crippen LogP contribution in [0.2, 0.25) is 0 Å². The molecule has 0 spiro atoms. The first-order valence-corrected chi connectivity index (χ1v) is 11.3. The summed E-state index contributed by atoms with van der Waals surface area (Å²) in [4.78, 5) is 17.7. The molecule has 0 unspecified atom stereocenters. The first-order chi connectivity index (χ1) is 13.0. The summed E-state index contributed by atoms with van der Waals surface area (Å²) in [6.45, 7) is 2.00. The zero-order valence-electron chi connectivity index (χ0n) is 15.7. The number of hydrogen-bond acceptors (Lipinski definition) is 3. The van der Waals surface area contributed by atoms with E-state index < -0.39 is 7.60 Å². The maximum atomic E-state index is 10.8. The highest BCUT2D eigenvalue weighted by molar-refractivity contribution is 7.51. The fraction of sp³-hybridized carbons (Fsp3) is 0.429. The van der Waals surface area contributed by atoms with Crippen molar-refractivity contribution in [3.05, 3.63) is 71.5 Å². The number of allylic oxidation sites excluding steroid dienone is 3. The van der Waals surface area contributed by atoms with Gasteiger partial charge in [-0.05, 0) is 49.4 Å². The van der Waals surface area contributed by atoms with Crippen LogP contribution in [-0.4, -0.2) is 35.6 Å². The summed E-state index contributed by atoms with van der Waals surface area (Å²) in [5.74, 6) is 0.975. The molecule has 148 valence electrons. The van der Waals surface area contributed by atoms with Gasteiger partial charge in [0, 0.05) is 13.0 Å². The van der Waals surface area contributed by atoms with E-state index >= 15 is 0 Å². The summed E-state index contributed by atoms with van der Waals surface area (Å²) >= 11 is 0. The molecule has 0 saturated heterocycles. The largest absolute Gasteiger partial charge is 0.498 e. The topological polar surface area (TPSA) is 78.8 Å². The first kappa shape index (κ1) is 21.6. The van der Waals surface area contributed by atoms with Gasteiger partial charge in [-0.25, -0.2) is 0 Å². The fourth-order valence-corrected chi connectivity index (χ4v) is 3.37. The first-order valence-electron chi connectivity index (χ1n) is 9.51. The Bertz CT molecular complexity index is 691. The second-order valence-electron chi connectivity index (χ2n) is 6.69. The molecule has 1 aliphatic carbocycles. The maximum absolute atomic E-state index is 10.8. The SMILES string of the molecule is O=P(O)(O)CCCNCC1=CC=C(OCCCCc2ccccc2)CC=C1. The van der Waals surface area contributed by atoms with Crippen molar-refractivity contribution in [2.24, 2.45) is 0 Å². The molecule has 6 heteroatoms. The van der Waals surface area contributed by atoms with Gasteiger partial charge in [-0.2, -0.15) is 0 Å². The minimum absolute atomic E-state index is 0.0724. The van der Waals surface area contributed by atoms with E-state index in [0.717, 1.165) is 43.6 Å². The highest BCUT2D eigenvalue weighted by Gasteiger charge is 2.11. The lowest BCUT2D eigenvalue weighted by molar-refractivity contribution is 0.202. The van der Waals surface area contributed by atoms with E-state index in [-0.39, 0.29) is 6.16 Å². The molecule has 5 nitrogen and oxygen atoms in total. The van der Waals surface area contributed by atoms with Gasteiger partial charge >= 0.3 is 7.60 Å². The minimum Gasteiger partial charge on any atom is -0.498 e. The molecular formula is C21H30NO4P. The van der Waals surface area contributed by atoms with Crippen LogP contribution in [0.4, 0.5) is 0 Å². The van der Waals surface area contributed by atoms with Crippen molar-refractivity contribution < 1.29 is 19.1 Å². The number of nitrogens with one attached hydrogen (secondary N) is 1. The second kappa shape index (κ2) is 11.9. The summed E-state index contributed by atoms with van der Waals surface area (Å²) in [5.41, 5.74) is 2.50. The number of aryl methyl sites for hydroxylation is 1. The van der Waals surface area contributed by atoms with Gasteiger partial charge in [0.1, 0.15) is 0 Å². The molecule has 0 saturated carbocycles. The predicted molar refractivity (Wildman–Crippen MR) is 110 cm³/mol. The Morgan fingerprint density at radius 3 is 2.67 bits per heavy atom. The summed E-state index contributed by atoms with van der Waals surface area (Å²) in [7, 11) is -3.88. The van der Waals surface area contributed by atoms with E-state index in [1.807, 2.05) is 18.2 Å². The smallest absolute Gasteiger partial charge is 0.325 e. The van der Waals surface area contributed by atoms with Crippen molar-refractivity contribution in [2.45, 2.75) is 32.1 Å². The van der Waals surface area contributed by atoms with E-state index in [2.05, 4.69) is 41.7 Å². The van der Waals surface area contributed by atoms with Gasteiger partial charge in [-0.1, -0.05) is 48.6 Å². The molecule has 1 aliphatic rings. The number of rotatable bonds is 12. The Labute approximate surface area is 162 Å². The summed E-state index contributed by atoms with van der Waals surface area (Å²) in [5, 5.41) is 3.21. The molecule has 0 atom stereocenters. The van der Waals surface area contributed by atoms with E-state index in [9.17, 15) is 4.57 Å². The molecule has 0 amide bonds. The van der Waals surface area contributed by atoms with Crippen LogP contribution in [0.15, 0.2) is 66.0 Å². The van der Waals surface area contributed by atoms with Crippen molar-refractivity contribution in [3.63, 3.8) is 0 Å². The lowest BCUT2D eigenvalue weighted by Crippen LogP contribution is -2.18. The van der Waals surface area contributed by atoms with Crippen LogP contribution in [0.3, 0.4) is 0 Å². The van der Waals surface area contributed by atoms with Crippen molar-refractivity contribution >= 4 is 7.60 Å². The molecule has 1 aromatic carbocycles. The van der Waals surface area contributed by atoms with Crippen molar-refractivity contribution in [1.82, 2.24) is 5.32 Å². The third-order valence-corrected chi connectivity index (χ3v) is 5.16. The van der Waals surface area contributed by atoms with E-state index in [0.29, 0.717) is 19.5 Å².